The summed E-state index contributed by atoms with van der Waals surface area (Å²) in [5.74, 6) is -0.146. The highest BCUT2D eigenvalue weighted by atomic mass is 32.2. The van der Waals surface area contributed by atoms with Crippen molar-refractivity contribution in [3.05, 3.63) is 88.4 Å². The van der Waals surface area contributed by atoms with Crippen LogP contribution in [0.1, 0.15) is 31.0 Å². The normalized spacial score (nSPS) is 17.6. The molecule has 154 valence electrons. The van der Waals surface area contributed by atoms with E-state index in [9.17, 15) is 9.18 Å². The van der Waals surface area contributed by atoms with E-state index < -0.39 is 12.0 Å². The van der Waals surface area contributed by atoms with Crippen LogP contribution in [0.4, 0.5) is 4.39 Å². The highest BCUT2D eigenvalue weighted by molar-refractivity contribution is 8.16. The summed E-state index contributed by atoms with van der Waals surface area (Å²) < 4.78 is 25.4. The van der Waals surface area contributed by atoms with Gasteiger partial charge in [0.25, 0.3) is 0 Å². The molecule has 2 aromatic rings. The van der Waals surface area contributed by atoms with Gasteiger partial charge in [-0.3, -0.25) is 0 Å². The Bertz CT molecular complexity index is 1060. The second-order valence-corrected chi connectivity index (χ2v) is 7.62. The average molecular weight is 424 g/mol. The van der Waals surface area contributed by atoms with Gasteiger partial charge in [-0.2, -0.15) is 0 Å². The van der Waals surface area contributed by atoms with Gasteiger partial charge in [0, 0.05) is 17.3 Å². The summed E-state index contributed by atoms with van der Waals surface area (Å²) in [5, 5.41) is 2.71. The summed E-state index contributed by atoms with van der Waals surface area (Å²) in [7, 11) is 0. The molecule has 4 rings (SSSR count). The van der Waals surface area contributed by atoms with Crippen molar-refractivity contribution in [3.8, 4) is 5.75 Å². The number of esters is 1. The first kappa shape index (κ1) is 20.2. The summed E-state index contributed by atoms with van der Waals surface area (Å²) in [6.07, 6.45) is 1.90. The van der Waals surface area contributed by atoms with E-state index >= 15 is 0 Å². The molecule has 0 saturated carbocycles. The molecule has 0 unspecified atom stereocenters. The smallest absolute Gasteiger partial charge is 0.338 e. The lowest BCUT2D eigenvalue weighted by Gasteiger charge is -2.34. The average Bonchev–Trinajstić information content (AvgIpc) is 3.20. The van der Waals surface area contributed by atoms with E-state index in [1.807, 2.05) is 47.7 Å². The number of carbonyl (C=O) groups is 1. The second kappa shape index (κ2) is 8.75. The van der Waals surface area contributed by atoms with Crippen molar-refractivity contribution < 1.29 is 18.7 Å². The molecule has 0 radical (unpaired) electrons. The molecule has 0 aromatic heterocycles. The van der Waals surface area contributed by atoms with Gasteiger partial charge in [-0.15, -0.1) is 0 Å². The number of benzene rings is 2. The molecule has 2 aliphatic heterocycles. The van der Waals surface area contributed by atoms with Crippen LogP contribution < -0.4 is 4.74 Å². The van der Waals surface area contributed by atoms with Gasteiger partial charge in [0.1, 0.15) is 18.2 Å². The first-order valence-corrected chi connectivity index (χ1v) is 10.5. The van der Waals surface area contributed by atoms with Crippen molar-refractivity contribution in [3.63, 3.8) is 0 Å². The van der Waals surface area contributed by atoms with Crippen LogP contribution in [-0.2, 0) is 16.1 Å². The first-order valence-electron chi connectivity index (χ1n) is 9.63. The molecule has 1 atom stereocenters. The number of halogens is 1. The Morgan fingerprint density at radius 2 is 1.97 bits per heavy atom. The molecule has 2 aliphatic rings. The Morgan fingerprint density at radius 1 is 1.20 bits per heavy atom. The zero-order valence-corrected chi connectivity index (χ0v) is 17.5. The van der Waals surface area contributed by atoms with Gasteiger partial charge < -0.3 is 14.4 Å². The zero-order valence-electron chi connectivity index (χ0n) is 16.7. The van der Waals surface area contributed by atoms with Crippen LogP contribution in [0.25, 0.3) is 0 Å². The van der Waals surface area contributed by atoms with Crippen LogP contribution in [-0.4, -0.2) is 22.6 Å². The van der Waals surface area contributed by atoms with E-state index in [0.717, 1.165) is 10.7 Å². The predicted octanol–water partition coefficient (Wildman–Crippen LogP) is 5.17. The molecule has 0 bridgehead atoms. The monoisotopic (exact) mass is 424 g/mol. The molecule has 0 N–H and O–H groups in total. The molecule has 0 aliphatic carbocycles. The highest BCUT2D eigenvalue weighted by Crippen LogP contribution is 2.43. The number of nitrogens with zero attached hydrogens (tertiary/aromatic N) is 2. The number of aliphatic imine (C=N–C) groups is 1. The third kappa shape index (κ3) is 3.85. The number of thioether (sulfide) groups is 1. The molecule has 7 heteroatoms. The number of allylic oxidation sites excluding steroid dienone is 1. The summed E-state index contributed by atoms with van der Waals surface area (Å²) in [4.78, 5) is 19.3. The van der Waals surface area contributed by atoms with E-state index in [2.05, 4.69) is 4.99 Å². The number of ether oxygens (including phenoxy) is 2. The Hall–Kier alpha value is -3.06. The Morgan fingerprint density at radius 3 is 2.77 bits per heavy atom. The van der Waals surface area contributed by atoms with Crippen molar-refractivity contribution >= 4 is 22.9 Å². The number of rotatable bonds is 6. The third-order valence-electron chi connectivity index (χ3n) is 4.87. The Labute approximate surface area is 178 Å². The van der Waals surface area contributed by atoms with Gasteiger partial charge >= 0.3 is 5.97 Å². The summed E-state index contributed by atoms with van der Waals surface area (Å²) in [6, 6.07) is 13.6. The minimum absolute atomic E-state index is 0.0827. The summed E-state index contributed by atoms with van der Waals surface area (Å²) in [6.45, 7) is 3.94. The maximum atomic E-state index is 14.0. The fraction of sp³-hybridized carbons (Fsp3) is 0.217. The number of fused-ring (bicyclic) bond motifs is 1. The molecule has 30 heavy (non-hydrogen) atoms. The lowest BCUT2D eigenvalue weighted by atomic mass is 9.94. The van der Waals surface area contributed by atoms with Gasteiger partial charge in [-0.05, 0) is 31.4 Å². The molecule has 0 saturated heterocycles. The van der Waals surface area contributed by atoms with Crippen molar-refractivity contribution in [2.75, 3.05) is 6.61 Å². The first-order chi connectivity index (χ1) is 14.6. The number of amidine groups is 1. The van der Waals surface area contributed by atoms with Crippen LogP contribution in [0.2, 0.25) is 0 Å². The predicted molar refractivity (Wildman–Crippen MR) is 115 cm³/mol. The van der Waals surface area contributed by atoms with E-state index in [1.54, 1.807) is 25.1 Å². The number of hydrogen-bond acceptors (Lipinski definition) is 6. The topological polar surface area (TPSA) is 51.1 Å². The number of carbonyl (C=O) groups excluding carboxylic acids is 1. The van der Waals surface area contributed by atoms with Crippen molar-refractivity contribution in [1.82, 2.24) is 4.90 Å². The maximum absolute atomic E-state index is 14.0. The quantitative estimate of drug-likeness (QED) is 0.599. The van der Waals surface area contributed by atoms with E-state index in [4.69, 9.17) is 9.47 Å². The van der Waals surface area contributed by atoms with Crippen LogP contribution in [0.5, 0.6) is 5.75 Å². The molecule has 2 aromatic carbocycles. The second-order valence-electron chi connectivity index (χ2n) is 6.74. The minimum atomic E-state index is -0.445. The van der Waals surface area contributed by atoms with Gasteiger partial charge in [0.2, 0.25) is 0 Å². The highest BCUT2D eigenvalue weighted by Gasteiger charge is 2.38. The van der Waals surface area contributed by atoms with E-state index in [-0.39, 0.29) is 19.0 Å². The van der Waals surface area contributed by atoms with Gasteiger partial charge in [0.15, 0.2) is 5.17 Å². The van der Waals surface area contributed by atoms with Crippen LogP contribution in [0.3, 0.4) is 0 Å². The molecule has 0 spiro atoms. The van der Waals surface area contributed by atoms with Crippen LogP contribution in [0.15, 0.2) is 76.4 Å². The van der Waals surface area contributed by atoms with Crippen molar-refractivity contribution in [1.29, 1.82) is 0 Å². The maximum Gasteiger partial charge on any atom is 0.338 e. The Kier molecular flexibility index (Phi) is 5.90. The lowest BCUT2D eigenvalue weighted by molar-refractivity contribution is -0.139. The SMILES string of the molecule is CCOC(=O)C1=C(C)N=C2SC=CN2[C@H]1c1ccccc1OCc1ccccc1F. The van der Waals surface area contributed by atoms with Gasteiger partial charge in [-0.1, -0.05) is 48.2 Å². The molecular weight excluding hydrogens is 403 g/mol. The largest absolute Gasteiger partial charge is 0.488 e. The Balaban J connectivity index is 1.72. The number of para-hydroxylation sites is 1. The minimum Gasteiger partial charge on any atom is -0.488 e. The van der Waals surface area contributed by atoms with Gasteiger partial charge in [-0.25, -0.2) is 14.2 Å². The summed E-state index contributed by atoms with van der Waals surface area (Å²) in [5.41, 5.74) is 2.34. The molecule has 2 heterocycles. The molecule has 5 nitrogen and oxygen atoms in total. The van der Waals surface area contributed by atoms with Crippen molar-refractivity contribution in [2.45, 2.75) is 26.5 Å². The van der Waals surface area contributed by atoms with E-state index in [1.165, 1.54) is 17.8 Å². The summed E-state index contributed by atoms with van der Waals surface area (Å²) >= 11 is 1.49. The zero-order chi connectivity index (χ0) is 21.1. The van der Waals surface area contributed by atoms with Crippen LogP contribution in [0, 0.1) is 5.82 Å². The fourth-order valence-electron chi connectivity index (χ4n) is 3.49. The van der Waals surface area contributed by atoms with Crippen molar-refractivity contribution in [2.24, 2.45) is 4.99 Å². The van der Waals surface area contributed by atoms with E-state index in [0.29, 0.717) is 22.6 Å². The number of hydrogen-bond donors (Lipinski definition) is 0. The molecule has 0 amide bonds. The molecular formula is C23H21FN2O3S. The molecule has 0 fully saturated rings. The fourth-order valence-corrected chi connectivity index (χ4v) is 4.28. The third-order valence-corrected chi connectivity index (χ3v) is 5.64. The standard InChI is InChI=1S/C23H21FN2O3S/c1-3-28-22(27)20-15(2)25-23-26(12-13-30-23)21(20)17-9-5-7-11-19(17)29-14-16-8-4-6-10-18(16)24/h4-13,21H,3,14H2,1-2H3/t21-/m0/s1. The lowest BCUT2D eigenvalue weighted by Crippen LogP contribution is -2.34. The van der Waals surface area contributed by atoms with Gasteiger partial charge in [0.05, 0.1) is 23.9 Å². The van der Waals surface area contributed by atoms with Crippen LogP contribution >= 0.6 is 11.8 Å².